The molecule has 1 heterocycles. The number of hydrogen-bond donors (Lipinski definition) is 0. The van der Waals surface area contributed by atoms with Gasteiger partial charge in [-0.1, -0.05) is 43.7 Å². The number of hydrazone groups is 1. The van der Waals surface area contributed by atoms with Crippen LogP contribution in [0.3, 0.4) is 0 Å². The van der Waals surface area contributed by atoms with Gasteiger partial charge in [-0.25, -0.2) is 5.01 Å². The smallest absolute Gasteiger partial charge is 0.262 e. The minimum atomic E-state index is -0.289. The molecule has 2 aromatic carbocycles. The summed E-state index contributed by atoms with van der Waals surface area (Å²) < 4.78 is 16.1. The Labute approximate surface area is 207 Å². The lowest BCUT2D eigenvalue weighted by Crippen LogP contribution is -2.44. The van der Waals surface area contributed by atoms with Gasteiger partial charge in [0, 0.05) is 37.6 Å². The van der Waals surface area contributed by atoms with E-state index in [2.05, 4.69) is 0 Å². The number of aryl methyl sites for hydroxylation is 1. The number of hydrogen-bond acceptors (Lipinski definition) is 6. The topological polar surface area (TPSA) is 80.7 Å². The van der Waals surface area contributed by atoms with E-state index in [-0.39, 0.29) is 30.3 Å². The first-order chi connectivity index (χ1) is 16.8. The van der Waals surface area contributed by atoms with Gasteiger partial charge >= 0.3 is 0 Å². The standard InChI is InChI=1S/C27H35N3O5/c1-18(2)27(32)29(13-14-33-4)17-26(31)30-24(20-9-7-19(3)8-10-20)16-23(28-30)22-12-11-21(34-5)15-25(22)35-6/h7-12,15,18,24H,13-14,16-17H2,1-6H3. The molecule has 188 valence electrons. The highest BCUT2D eigenvalue weighted by atomic mass is 16.5. The molecule has 8 heteroatoms. The van der Waals surface area contributed by atoms with Gasteiger partial charge in [0.1, 0.15) is 18.0 Å². The lowest BCUT2D eigenvalue weighted by atomic mass is 9.97. The summed E-state index contributed by atoms with van der Waals surface area (Å²) in [6, 6.07) is 13.3. The number of rotatable bonds is 10. The first kappa shape index (κ1) is 26.2. The summed E-state index contributed by atoms with van der Waals surface area (Å²) in [6.07, 6.45) is 0.522. The normalized spacial score (nSPS) is 15.2. The highest BCUT2D eigenvalue weighted by Gasteiger charge is 2.35. The van der Waals surface area contributed by atoms with E-state index in [4.69, 9.17) is 19.3 Å². The fourth-order valence-electron chi connectivity index (χ4n) is 4.06. The minimum absolute atomic E-state index is 0.0702. The molecule has 0 fully saturated rings. The van der Waals surface area contributed by atoms with Crippen LogP contribution < -0.4 is 9.47 Å². The maximum Gasteiger partial charge on any atom is 0.262 e. The van der Waals surface area contributed by atoms with Crippen molar-refractivity contribution < 1.29 is 23.8 Å². The van der Waals surface area contributed by atoms with E-state index in [1.165, 1.54) is 5.01 Å². The van der Waals surface area contributed by atoms with Gasteiger partial charge in [0.05, 0.1) is 32.6 Å². The molecule has 0 saturated carbocycles. The first-order valence-corrected chi connectivity index (χ1v) is 11.7. The van der Waals surface area contributed by atoms with Gasteiger partial charge in [0.25, 0.3) is 5.91 Å². The van der Waals surface area contributed by atoms with E-state index < -0.39 is 0 Å². The van der Waals surface area contributed by atoms with Crippen LogP contribution in [-0.4, -0.2) is 68.5 Å². The Morgan fingerprint density at radius 3 is 2.40 bits per heavy atom. The molecule has 0 radical (unpaired) electrons. The third-order valence-corrected chi connectivity index (χ3v) is 6.04. The molecule has 0 N–H and O–H groups in total. The van der Waals surface area contributed by atoms with Gasteiger partial charge in [-0.05, 0) is 24.6 Å². The van der Waals surface area contributed by atoms with E-state index in [9.17, 15) is 9.59 Å². The molecule has 1 unspecified atom stereocenters. The number of nitrogens with zero attached hydrogens (tertiary/aromatic N) is 3. The van der Waals surface area contributed by atoms with E-state index in [1.54, 1.807) is 32.3 Å². The summed E-state index contributed by atoms with van der Waals surface area (Å²) in [6.45, 7) is 6.29. The first-order valence-electron chi connectivity index (χ1n) is 11.7. The predicted molar refractivity (Wildman–Crippen MR) is 135 cm³/mol. The van der Waals surface area contributed by atoms with Crippen LogP contribution in [0.25, 0.3) is 0 Å². The summed E-state index contributed by atoms with van der Waals surface area (Å²) in [7, 11) is 4.77. The van der Waals surface area contributed by atoms with E-state index >= 15 is 0 Å². The molecule has 0 aromatic heterocycles. The molecular weight excluding hydrogens is 446 g/mol. The van der Waals surface area contributed by atoms with Crippen LogP contribution in [0.5, 0.6) is 11.5 Å². The van der Waals surface area contributed by atoms with Gasteiger partial charge in [-0.2, -0.15) is 5.10 Å². The average Bonchev–Trinajstić information content (AvgIpc) is 3.31. The average molecular weight is 482 g/mol. The second-order valence-electron chi connectivity index (χ2n) is 8.89. The van der Waals surface area contributed by atoms with E-state index in [0.717, 1.165) is 22.4 Å². The minimum Gasteiger partial charge on any atom is -0.497 e. The Hall–Kier alpha value is -3.39. The maximum absolute atomic E-state index is 13.6. The molecule has 0 aliphatic carbocycles. The third-order valence-electron chi connectivity index (χ3n) is 6.04. The quantitative estimate of drug-likeness (QED) is 0.515. The zero-order valence-corrected chi connectivity index (χ0v) is 21.4. The van der Waals surface area contributed by atoms with Crippen molar-refractivity contribution in [2.24, 2.45) is 11.0 Å². The van der Waals surface area contributed by atoms with Crippen molar-refractivity contribution in [3.63, 3.8) is 0 Å². The van der Waals surface area contributed by atoms with Crippen LogP contribution >= 0.6 is 0 Å². The third kappa shape index (κ3) is 6.19. The summed E-state index contributed by atoms with van der Waals surface area (Å²) in [5, 5.41) is 6.26. The number of benzene rings is 2. The molecule has 2 amide bonds. The lowest BCUT2D eigenvalue weighted by molar-refractivity contribution is -0.143. The summed E-state index contributed by atoms with van der Waals surface area (Å²) in [5.41, 5.74) is 3.65. The van der Waals surface area contributed by atoms with Crippen LogP contribution in [0.1, 0.15) is 43.0 Å². The van der Waals surface area contributed by atoms with Crippen molar-refractivity contribution in [2.75, 3.05) is 41.0 Å². The highest BCUT2D eigenvalue weighted by molar-refractivity contribution is 6.05. The molecule has 3 rings (SSSR count). The number of carbonyl (C=O) groups excluding carboxylic acids is 2. The second kappa shape index (κ2) is 11.8. The Morgan fingerprint density at radius 2 is 1.80 bits per heavy atom. The highest BCUT2D eigenvalue weighted by Crippen LogP contribution is 2.36. The monoisotopic (exact) mass is 481 g/mol. The maximum atomic E-state index is 13.6. The van der Waals surface area contributed by atoms with Crippen LogP contribution in [0.4, 0.5) is 0 Å². The SMILES string of the molecule is COCCN(CC(=O)N1N=C(c2ccc(OC)cc2OC)CC1c1ccc(C)cc1)C(=O)C(C)C. The van der Waals surface area contributed by atoms with Gasteiger partial charge in [0.15, 0.2) is 0 Å². The number of amides is 2. The Kier molecular flexibility index (Phi) is 8.87. The number of ether oxygens (including phenoxy) is 3. The van der Waals surface area contributed by atoms with Crippen molar-refractivity contribution in [2.45, 2.75) is 33.2 Å². The molecule has 0 saturated heterocycles. The van der Waals surface area contributed by atoms with Gasteiger partial charge < -0.3 is 19.1 Å². The van der Waals surface area contributed by atoms with Gasteiger partial charge in [-0.15, -0.1) is 0 Å². The van der Waals surface area contributed by atoms with Crippen LogP contribution in [-0.2, 0) is 14.3 Å². The van der Waals surface area contributed by atoms with Gasteiger partial charge in [0.2, 0.25) is 5.91 Å². The molecule has 1 atom stereocenters. The summed E-state index contributed by atoms with van der Waals surface area (Å²) >= 11 is 0. The summed E-state index contributed by atoms with van der Waals surface area (Å²) in [5.74, 6) is 0.726. The van der Waals surface area contributed by atoms with E-state index in [1.807, 2.05) is 57.2 Å². The summed E-state index contributed by atoms with van der Waals surface area (Å²) in [4.78, 5) is 27.9. The second-order valence-corrected chi connectivity index (χ2v) is 8.89. The molecule has 35 heavy (non-hydrogen) atoms. The fraction of sp³-hybridized carbons (Fsp3) is 0.444. The molecule has 1 aliphatic heterocycles. The van der Waals surface area contributed by atoms with Crippen molar-refractivity contribution in [3.8, 4) is 11.5 Å². The Morgan fingerprint density at radius 1 is 1.09 bits per heavy atom. The molecule has 2 aromatic rings. The zero-order valence-electron chi connectivity index (χ0n) is 21.4. The number of methoxy groups -OCH3 is 3. The molecular formula is C27H35N3O5. The van der Waals surface area contributed by atoms with E-state index in [0.29, 0.717) is 31.1 Å². The van der Waals surface area contributed by atoms with Gasteiger partial charge in [-0.3, -0.25) is 9.59 Å². The van der Waals surface area contributed by atoms with Crippen LogP contribution in [0.2, 0.25) is 0 Å². The largest absolute Gasteiger partial charge is 0.497 e. The lowest BCUT2D eigenvalue weighted by Gasteiger charge is -2.28. The molecule has 8 nitrogen and oxygen atoms in total. The fourth-order valence-corrected chi connectivity index (χ4v) is 4.06. The van der Waals surface area contributed by atoms with Crippen molar-refractivity contribution in [1.82, 2.24) is 9.91 Å². The zero-order chi connectivity index (χ0) is 25.5. The molecule has 1 aliphatic rings. The van der Waals surface area contributed by atoms with Crippen molar-refractivity contribution >= 4 is 17.5 Å². The molecule has 0 spiro atoms. The Bertz CT molecular complexity index is 1060. The van der Waals surface area contributed by atoms with Crippen molar-refractivity contribution in [1.29, 1.82) is 0 Å². The van der Waals surface area contributed by atoms with Crippen LogP contribution in [0, 0.1) is 12.8 Å². The predicted octanol–water partition coefficient (Wildman–Crippen LogP) is 3.82. The van der Waals surface area contributed by atoms with Crippen molar-refractivity contribution in [3.05, 3.63) is 59.2 Å². The number of carbonyl (C=O) groups is 2. The molecule has 0 bridgehead atoms. The van der Waals surface area contributed by atoms with Crippen LogP contribution in [0.15, 0.2) is 47.6 Å². The Balaban J connectivity index is 1.96.